The number of imidazole rings is 1. The summed E-state index contributed by atoms with van der Waals surface area (Å²) in [5.74, 6) is -5.06. The number of aliphatic carboxylic acids is 2. The van der Waals surface area contributed by atoms with Gasteiger partial charge in [0, 0.05) is 31.2 Å². The van der Waals surface area contributed by atoms with Crippen LogP contribution in [-0.2, 0) is 36.8 Å². The molecule has 5 atom stereocenters. The van der Waals surface area contributed by atoms with E-state index in [4.69, 9.17) is 10.8 Å². The lowest BCUT2D eigenvalue weighted by atomic mass is 9.98. The first-order chi connectivity index (χ1) is 18.9. The third-order valence-electron chi connectivity index (χ3n) is 6.44. The number of nitrogens with zero attached hydrogens (tertiary/aromatic N) is 1. The summed E-state index contributed by atoms with van der Waals surface area (Å²) in [6.45, 7) is 3.65. The molecule has 0 bridgehead atoms. The third-order valence-corrected chi connectivity index (χ3v) is 6.44. The molecule has 14 nitrogen and oxygen atoms in total. The summed E-state index contributed by atoms with van der Waals surface area (Å²) >= 11 is 0. The molecule has 0 saturated heterocycles. The molecule has 0 aliphatic rings. The maximum absolute atomic E-state index is 13.4. The first kappa shape index (κ1) is 31.8. The maximum Gasteiger partial charge on any atom is 0.326 e. The van der Waals surface area contributed by atoms with Crippen molar-refractivity contribution in [3.63, 3.8) is 0 Å². The van der Waals surface area contributed by atoms with Crippen molar-refractivity contribution in [3.05, 3.63) is 48.0 Å². The Morgan fingerprint density at radius 2 is 1.52 bits per heavy atom. The minimum atomic E-state index is -1.42. The van der Waals surface area contributed by atoms with Gasteiger partial charge in [-0.2, -0.15) is 0 Å². The number of benzene rings is 1. The van der Waals surface area contributed by atoms with E-state index in [9.17, 15) is 34.2 Å². The molecule has 3 amide bonds. The largest absolute Gasteiger partial charge is 0.508 e. The van der Waals surface area contributed by atoms with E-state index in [0.717, 1.165) is 0 Å². The normalized spacial score (nSPS) is 14.7. The quantitative estimate of drug-likeness (QED) is 0.133. The number of aromatic hydroxyl groups is 1. The smallest absolute Gasteiger partial charge is 0.326 e. The van der Waals surface area contributed by atoms with Crippen LogP contribution < -0.4 is 21.7 Å². The molecule has 1 heterocycles. The Balaban J connectivity index is 2.26. The van der Waals surface area contributed by atoms with Crippen molar-refractivity contribution in [2.45, 2.75) is 70.1 Å². The molecule has 40 heavy (non-hydrogen) atoms. The Kier molecular flexibility index (Phi) is 12.1. The van der Waals surface area contributed by atoms with E-state index in [1.165, 1.54) is 24.7 Å². The summed E-state index contributed by atoms with van der Waals surface area (Å²) < 4.78 is 0. The molecular weight excluding hydrogens is 524 g/mol. The Bertz CT molecular complexity index is 1150. The van der Waals surface area contributed by atoms with Crippen LogP contribution in [-0.4, -0.2) is 79.1 Å². The Hall–Kier alpha value is -4.46. The van der Waals surface area contributed by atoms with Gasteiger partial charge in [-0.3, -0.25) is 19.2 Å². The second-order valence-corrected chi connectivity index (χ2v) is 9.52. The number of carbonyl (C=O) groups excluding carboxylic acids is 3. The molecule has 9 N–H and O–H groups in total. The fourth-order valence-corrected chi connectivity index (χ4v) is 3.75. The maximum atomic E-state index is 13.4. The van der Waals surface area contributed by atoms with Crippen molar-refractivity contribution in [1.29, 1.82) is 0 Å². The van der Waals surface area contributed by atoms with Crippen molar-refractivity contribution < 1.29 is 39.3 Å². The zero-order chi connectivity index (χ0) is 29.8. The van der Waals surface area contributed by atoms with Gasteiger partial charge in [-0.05, 0) is 30.0 Å². The van der Waals surface area contributed by atoms with Gasteiger partial charge >= 0.3 is 11.9 Å². The number of carboxylic acids is 2. The second kappa shape index (κ2) is 15.2. The molecule has 0 saturated carbocycles. The predicted octanol–water partition coefficient (Wildman–Crippen LogP) is -0.322. The van der Waals surface area contributed by atoms with E-state index in [-0.39, 0.29) is 30.9 Å². The van der Waals surface area contributed by atoms with Gasteiger partial charge in [0.2, 0.25) is 17.7 Å². The zero-order valence-electron chi connectivity index (χ0n) is 22.3. The number of nitrogens with two attached hydrogens (primary N) is 1. The van der Waals surface area contributed by atoms with Gasteiger partial charge in [0.05, 0.1) is 12.4 Å². The molecule has 0 spiro atoms. The van der Waals surface area contributed by atoms with Crippen molar-refractivity contribution in [2.75, 3.05) is 0 Å². The minimum absolute atomic E-state index is 0.00102. The number of phenolic OH excluding ortho intramolecular Hbond substituents is 1. The number of hydrogen-bond donors (Lipinski definition) is 8. The Labute approximate surface area is 230 Å². The predicted molar refractivity (Wildman–Crippen MR) is 142 cm³/mol. The van der Waals surface area contributed by atoms with Crippen molar-refractivity contribution >= 4 is 29.7 Å². The number of carboxylic acid groups (broad SMARTS) is 2. The first-order valence-electron chi connectivity index (χ1n) is 12.8. The molecule has 0 aliphatic carbocycles. The van der Waals surface area contributed by atoms with E-state index in [1.807, 2.05) is 6.92 Å². The van der Waals surface area contributed by atoms with Crippen molar-refractivity contribution in [2.24, 2.45) is 11.7 Å². The molecule has 0 fully saturated rings. The summed E-state index contributed by atoms with van der Waals surface area (Å²) in [7, 11) is 0. The highest BCUT2D eigenvalue weighted by molar-refractivity contribution is 5.94. The average molecular weight is 561 g/mol. The molecule has 1 aromatic heterocycles. The van der Waals surface area contributed by atoms with Gasteiger partial charge in [-0.25, -0.2) is 9.78 Å². The fourth-order valence-electron chi connectivity index (χ4n) is 3.75. The summed E-state index contributed by atoms with van der Waals surface area (Å²) in [6, 6.07) is 0.985. The zero-order valence-corrected chi connectivity index (χ0v) is 22.3. The van der Waals surface area contributed by atoms with Crippen LogP contribution in [0.3, 0.4) is 0 Å². The summed E-state index contributed by atoms with van der Waals surface area (Å²) in [6.07, 6.45) is 2.36. The average Bonchev–Trinajstić information content (AvgIpc) is 3.43. The van der Waals surface area contributed by atoms with Crippen LogP contribution in [0, 0.1) is 5.92 Å². The first-order valence-corrected chi connectivity index (χ1v) is 12.8. The number of amides is 3. The molecule has 0 radical (unpaired) electrons. The van der Waals surface area contributed by atoms with Crippen LogP contribution >= 0.6 is 0 Å². The fraction of sp³-hybridized carbons (Fsp3) is 0.462. The lowest BCUT2D eigenvalue weighted by molar-refractivity contribution is -0.143. The van der Waals surface area contributed by atoms with E-state index in [2.05, 4.69) is 25.9 Å². The number of aromatic nitrogens is 2. The van der Waals surface area contributed by atoms with Gasteiger partial charge in [0.15, 0.2) is 0 Å². The molecule has 14 heteroatoms. The highest BCUT2D eigenvalue weighted by Crippen LogP contribution is 2.13. The SMILES string of the molecule is CCC(C)C(N)C(=O)NC(Cc1ccc(O)cc1)C(=O)NC(CCC(=O)O)C(=O)NC(Cc1cnc[nH]1)C(=O)O. The lowest BCUT2D eigenvalue weighted by Gasteiger charge is -2.26. The van der Waals surface area contributed by atoms with Gasteiger partial charge < -0.3 is 42.0 Å². The van der Waals surface area contributed by atoms with E-state index in [0.29, 0.717) is 17.7 Å². The molecule has 1 aromatic carbocycles. The summed E-state index contributed by atoms with van der Waals surface area (Å²) in [5.41, 5.74) is 7.05. The number of rotatable bonds is 16. The van der Waals surface area contributed by atoms with E-state index in [1.54, 1.807) is 19.1 Å². The van der Waals surface area contributed by atoms with Crippen LogP contribution in [0.2, 0.25) is 0 Å². The molecule has 218 valence electrons. The van der Waals surface area contributed by atoms with Crippen LogP contribution in [0.15, 0.2) is 36.8 Å². The van der Waals surface area contributed by atoms with Crippen LogP contribution in [0.5, 0.6) is 5.75 Å². The Morgan fingerprint density at radius 1 is 0.925 bits per heavy atom. The summed E-state index contributed by atoms with van der Waals surface area (Å²) in [5, 5.41) is 35.7. The number of H-pyrrole nitrogens is 1. The number of carbonyl (C=O) groups is 5. The molecule has 5 unspecified atom stereocenters. The lowest BCUT2D eigenvalue weighted by Crippen LogP contribution is -2.58. The molecule has 2 rings (SSSR count). The third kappa shape index (κ3) is 10.0. The monoisotopic (exact) mass is 560 g/mol. The minimum Gasteiger partial charge on any atom is -0.508 e. The number of hydrogen-bond acceptors (Lipinski definition) is 8. The Morgan fingerprint density at radius 3 is 2.08 bits per heavy atom. The topological polar surface area (TPSA) is 237 Å². The van der Waals surface area contributed by atoms with Gasteiger partial charge in [-0.1, -0.05) is 32.4 Å². The second-order valence-electron chi connectivity index (χ2n) is 9.52. The number of aromatic amines is 1. The van der Waals surface area contributed by atoms with Gasteiger partial charge in [-0.15, -0.1) is 0 Å². The van der Waals surface area contributed by atoms with Crippen LogP contribution in [0.4, 0.5) is 0 Å². The highest BCUT2D eigenvalue weighted by atomic mass is 16.4. The van der Waals surface area contributed by atoms with Crippen LogP contribution in [0.1, 0.15) is 44.4 Å². The van der Waals surface area contributed by atoms with Crippen LogP contribution in [0.25, 0.3) is 0 Å². The standard InChI is InChI=1S/C26H36N6O8/c1-3-14(2)22(27)25(38)31-19(10-15-4-6-17(33)7-5-15)24(37)30-18(8-9-21(34)35)23(36)32-20(26(39)40)11-16-12-28-13-29-16/h4-7,12-14,18-20,22,33H,3,8-11,27H2,1-2H3,(H,28,29)(H,30,37)(H,31,38)(H,32,36)(H,34,35)(H,39,40). The molecule has 0 aliphatic heterocycles. The van der Waals surface area contributed by atoms with E-state index < -0.39 is 60.2 Å². The number of phenols is 1. The molecular formula is C26H36N6O8. The summed E-state index contributed by atoms with van der Waals surface area (Å²) in [4.78, 5) is 68.8. The van der Waals surface area contributed by atoms with Crippen molar-refractivity contribution in [3.8, 4) is 5.75 Å². The van der Waals surface area contributed by atoms with Gasteiger partial charge in [0.1, 0.15) is 23.9 Å². The van der Waals surface area contributed by atoms with Crippen molar-refractivity contribution in [1.82, 2.24) is 25.9 Å². The van der Waals surface area contributed by atoms with E-state index >= 15 is 0 Å². The van der Waals surface area contributed by atoms with Gasteiger partial charge in [0.25, 0.3) is 0 Å². The number of nitrogens with one attached hydrogen (secondary N) is 4. The molecule has 2 aromatic rings. The highest BCUT2D eigenvalue weighted by Gasteiger charge is 2.31.